The average Bonchev–Trinajstić information content (AvgIpc) is 3.46. The van der Waals surface area contributed by atoms with E-state index >= 15 is 0 Å². The number of rotatable bonds is 15. The van der Waals surface area contributed by atoms with Crippen molar-refractivity contribution in [3.8, 4) is 0 Å². The van der Waals surface area contributed by atoms with Crippen molar-refractivity contribution < 1.29 is 38.0 Å². The summed E-state index contributed by atoms with van der Waals surface area (Å²) in [5.74, 6) is -2.71. The highest BCUT2D eigenvalue weighted by Gasteiger charge is 2.67. The summed E-state index contributed by atoms with van der Waals surface area (Å²) in [6, 6.07) is 3.44. The van der Waals surface area contributed by atoms with Gasteiger partial charge in [0.25, 0.3) is 11.9 Å². The number of nitrogens with one attached hydrogen (secondary N) is 1. The second-order valence-electron chi connectivity index (χ2n) is 9.63. The predicted octanol–water partition coefficient (Wildman–Crippen LogP) is 2.86. The zero-order chi connectivity index (χ0) is 27.8. The summed E-state index contributed by atoms with van der Waals surface area (Å²) in [4.78, 5) is 33.4. The Hall–Kier alpha value is -2.34. The van der Waals surface area contributed by atoms with Crippen molar-refractivity contribution in [2.45, 2.75) is 76.7 Å². The summed E-state index contributed by atoms with van der Waals surface area (Å²) < 4.78 is 35.4. The van der Waals surface area contributed by atoms with Crippen LogP contribution in [0.1, 0.15) is 76.0 Å². The standard InChI is InChI=1S/C27H42FN3O7/c1-5-26(6-2,24(34)35-17-11-14-28)30-23(33)20-12-13-21(31-15-9-10-16-31)22(29-20)25(18-32)19-38-27(25,36-7-3)37-8-4/h12-13,32H,5-11,14-19H2,1-4H3,(H,30,33). The molecule has 0 bridgehead atoms. The molecule has 38 heavy (non-hydrogen) atoms. The number of aliphatic hydroxyl groups is 1. The molecule has 11 heteroatoms. The number of hydrogen-bond acceptors (Lipinski definition) is 9. The van der Waals surface area contributed by atoms with Crippen LogP contribution in [-0.4, -0.2) is 86.3 Å². The summed E-state index contributed by atoms with van der Waals surface area (Å²) in [5.41, 5.74) is -1.13. The molecule has 10 nitrogen and oxygen atoms in total. The highest BCUT2D eigenvalue weighted by molar-refractivity contribution is 5.97. The van der Waals surface area contributed by atoms with Gasteiger partial charge in [0.2, 0.25) is 0 Å². The Balaban J connectivity index is 2.02. The van der Waals surface area contributed by atoms with Crippen LogP contribution in [0.15, 0.2) is 12.1 Å². The molecule has 2 fully saturated rings. The summed E-state index contributed by atoms with van der Waals surface area (Å²) >= 11 is 0. The van der Waals surface area contributed by atoms with Gasteiger partial charge in [-0.05, 0) is 51.7 Å². The van der Waals surface area contributed by atoms with Crippen LogP contribution in [0.25, 0.3) is 0 Å². The number of esters is 1. The highest BCUT2D eigenvalue weighted by Crippen LogP contribution is 2.51. The molecular formula is C27H42FN3O7. The van der Waals surface area contributed by atoms with Crippen LogP contribution in [0.4, 0.5) is 10.1 Å². The van der Waals surface area contributed by atoms with Crippen molar-refractivity contribution in [1.29, 1.82) is 0 Å². The third kappa shape index (κ3) is 5.52. The van der Waals surface area contributed by atoms with Crippen LogP contribution in [0.3, 0.4) is 0 Å². The first kappa shape index (κ1) is 30.2. The third-order valence-electron chi connectivity index (χ3n) is 7.50. The Morgan fingerprint density at radius 3 is 2.32 bits per heavy atom. The number of hydrogen-bond donors (Lipinski definition) is 2. The van der Waals surface area contributed by atoms with Gasteiger partial charge >= 0.3 is 5.97 Å². The van der Waals surface area contributed by atoms with Gasteiger partial charge in [0.15, 0.2) is 0 Å². The van der Waals surface area contributed by atoms with Crippen LogP contribution in [-0.2, 0) is 29.2 Å². The SMILES string of the molecule is CCOC1(OCC)OCC1(CO)c1nc(C(=O)NC(CC)(CC)C(=O)OCCCF)ccc1N1CCCC1. The van der Waals surface area contributed by atoms with E-state index in [1.165, 1.54) is 0 Å². The van der Waals surface area contributed by atoms with E-state index in [4.69, 9.17) is 23.9 Å². The number of anilines is 1. The molecule has 1 amide bonds. The second kappa shape index (κ2) is 13.1. The maximum absolute atomic E-state index is 13.5. The quantitative estimate of drug-likeness (QED) is 0.197. The molecule has 3 rings (SSSR count). The zero-order valence-corrected chi connectivity index (χ0v) is 23.0. The van der Waals surface area contributed by atoms with Gasteiger partial charge in [-0.2, -0.15) is 0 Å². The Bertz CT molecular complexity index is 943. The summed E-state index contributed by atoms with van der Waals surface area (Å²) in [5, 5.41) is 13.6. The van der Waals surface area contributed by atoms with Crippen molar-refractivity contribution in [1.82, 2.24) is 10.3 Å². The van der Waals surface area contributed by atoms with Crippen LogP contribution in [0.5, 0.6) is 0 Å². The Morgan fingerprint density at radius 1 is 1.16 bits per heavy atom. The molecule has 2 aliphatic heterocycles. The van der Waals surface area contributed by atoms with E-state index in [1.54, 1.807) is 19.9 Å². The number of aliphatic hydroxyl groups excluding tert-OH is 1. The van der Waals surface area contributed by atoms with E-state index in [0.29, 0.717) is 5.69 Å². The van der Waals surface area contributed by atoms with Crippen molar-refractivity contribution in [3.05, 3.63) is 23.5 Å². The molecule has 0 aromatic carbocycles. The third-order valence-corrected chi connectivity index (χ3v) is 7.50. The maximum atomic E-state index is 13.5. The molecule has 3 heterocycles. The fraction of sp³-hybridized carbons (Fsp3) is 0.741. The molecule has 0 aliphatic carbocycles. The molecule has 1 unspecified atom stereocenters. The van der Waals surface area contributed by atoms with Gasteiger partial charge in [0, 0.05) is 32.7 Å². The number of nitrogens with zero attached hydrogens (tertiary/aromatic N) is 2. The molecule has 1 aromatic rings. The van der Waals surface area contributed by atoms with Gasteiger partial charge < -0.3 is 34.3 Å². The molecule has 1 atom stereocenters. The van der Waals surface area contributed by atoms with Crippen molar-refractivity contribution >= 4 is 17.6 Å². The van der Waals surface area contributed by atoms with Crippen LogP contribution in [0.2, 0.25) is 0 Å². The Kier molecular flexibility index (Phi) is 10.4. The normalized spacial score (nSPS) is 20.7. The number of aromatic nitrogens is 1. The Morgan fingerprint density at radius 2 is 1.82 bits per heavy atom. The van der Waals surface area contributed by atoms with Gasteiger partial charge in [-0.3, -0.25) is 9.18 Å². The van der Waals surface area contributed by atoms with E-state index in [2.05, 4.69) is 10.2 Å². The zero-order valence-electron chi connectivity index (χ0n) is 23.0. The molecule has 0 spiro atoms. The maximum Gasteiger partial charge on any atom is 0.331 e. The number of amides is 1. The number of carbonyl (C=O) groups excluding carboxylic acids is 2. The molecule has 2 aliphatic rings. The topological polar surface area (TPSA) is 119 Å². The van der Waals surface area contributed by atoms with E-state index in [1.807, 2.05) is 19.9 Å². The fourth-order valence-electron chi connectivity index (χ4n) is 5.13. The van der Waals surface area contributed by atoms with Gasteiger partial charge in [-0.1, -0.05) is 13.8 Å². The van der Waals surface area contributed by atoms with Gasteiger partial charge in [-0.15, -0.1) is 0 Å². The number of alkyl halides is 1. The minimum absolute atomic E-state index is 0.0597. The van der Waals surface area contributed by atoms with E-state index in [9.17, 15) is 19.1 Å². The smallest absolute Gasteiger partial charge is 0.331 e. The minimum atomic E-state index is -1.54. The molecule has 0 saturated carbocycles. The molecule has 2 N–H and O–H groups in total. The minimum Gasteiger partial charge on any atom is -0.464 e. The predicted molar refractivity (Wildman–Crippen MR) is 139 cm³/mol. The molecule has 0 radical (unpaired) electrons. The van der Waals surface area contributed by atoms with Crippen molar-refractivity contribution in [2.24, 2.45) is 0 Å². The van der Waals surface area contributed by atoms with Crippen molar-refractivity contribution in [3.63, 3.8) is 0 Å². The fourth-order valence-corrected chi connectivity index (χ4v) is 5.13. The lowest BCUT2D eigenvalue weighted by Crippen LogP contribution is -2.71. The lowest BCUT2D eigenvalue weighted by molar-refractivity contribution is -0.480. The molecular weight excluding hydrogens is 497 g/mol. The first-order valence-corrected chi connectivity index (χ1v) is 13.7. The van der Waals surface area contributed by atoms with E-state index < -0.39 is 35.5 Å². The summed E-state index contributed by atoms with van der Waals surface area (Å²) in [6.45, 7) is 8.44. The second-order valence-corrected chi connectivity index (χ2v) is 9.63. The molecule has 1 aromatic heterocycles. The first-order valence-electron chi connectivity index (χ1n) is 13.7. The number of pyridine rings is 1. The summed E-state index contributed by atoms with van der Waals surface area (Å²) in [6.07, 6.45) is 2.71. The lowest BCUT2D eigenvalue weighted by atomic mass is 9.77. The number of ether oxygens (including phenoxy) is 4. The van der Waals surface area contributed by atoms with Crippen LogP contribution < -0.4 is 10.2 Å². The monoisotopic (exact) mass is 539 g/mol. The van der Waals surface area contributed by atoms with Gasteiger partial charge in [-0.25, -0.2) is 9.78 Å². The first-order chi connectivity index (χ1) is 18.3. The van der Waals surface area contributed by atoms with Gasteiger partial charge in [0.05, 0.1) is 37.9 Å². The van der Waals surface area contributed by atoms with Gasteiger partial charge in [0.1, 0.15) is 16.6 Å². The lowest BCUT2D eigenvalue weighted by Gasteiger charge is -2.55. The summed E-state index contributed by atoms with van der Waals surface area (Å²) in [7, 11) is 0. The van der Waals surface area contributed by atoms with E-state index in [0.717, 1.165) is 31.6 Å². The largest absolute Gasteiger partial charge is 0.464 e. The van der Waals surface area contributed by atoms with E-state index in [-0.39, 0.29) is 58.0 Å². The van der Waals surface area contributed by atoms with Crippen LogP contribution >= 0.6 is 0 Å². The number of halogens is 1. The average molecular weight is 540 g/mol. The molecule has 2 saturated heterocycles. The highest BCUT2D eigenvalue weighted by atomic mass is 19.1. The Labute approximate surface area is 224 Å². The molecule has 214 valence electrons. The van der Waals surface area contributed by atoms with Crippen molar-refractivity contribution in [2.75, 3.05) is 57.7 Å². The van der Waals surface area contributed by atoms with Crippen LogP contribution in [0, 0.1) is 0 Å². The number of carbonyl (C=O) groups is 2.